The van der Waals surface area contributed by atoms with Crippen LogP contribution in [0.1, 0.15) is 16.6 Å². The van der Waals surface area contributed by atoms with Crippen molar-refractivity contribution in [2.45, 2.75) is 6.92 Å². The Balaban J connectivity index is 2.35. The summed E-state index contributed by atoms with van der Waals surface area (Å²) in [5.74, 6) is -0.402. The Kier molecular flexibility index (Phi) is 3.21. The number of carbonyl (C=O) groups is 1. The number of esters is 1. The topological polar surface area (TPSA) is 65.2 Å². The molecule has 0 radical (unpaired) electrons. The van der Waals surface area contributed by atoms with E-state index in [-0.39, 0.29) is 0 Å². The maximum atomic E-state index is 11.5. The molecule has 0 aromatic carbocycles. The number of hydrogen-bond donors (Lipinski definition) is 1. The molecule has 0 aliphatic carbocycles. The van der Waals surface area contributed by atoms with Gasteiger partial charge in [-0.25, -0.2) is 4.79 Å². The van der Waals surface area contributed by atoms with E-state index in [9.17, 15) is 4.79 Å². The molecule has 6 heteroatoms. The van der Waals surface area contributed by atoms with Crippen LogP contribution in [-0.2, 0) is 4.74 Å². The van der Waals surface area contributed by atoms with Crippen LogP contribution in [0.5, 0.6) is 0 Å². The Bertz CT molecular complexity index is 491. The molecule has 0 spiro atoms. The van der Waals surface area contributed by atoms with Crippen molar-refractivity contribution in [3.05, 3.63) is 22.4 Å². The van der Waals surface area contributed by atoms with Crippen LogP contribution in [-0.4, -0.2) is 16.9 Å². The van der Waals surface area contributed by atoms with Crippen LogP contribution in [0.3, 0.4) is 0 Å². The quantitative estimate of drug-likeness (QED) is 0.855. The van der Waals surface area contributed by atoms with Crippen molar-refractivity contribution in [3.8, 4) is 10.6 Å². The molecule has 2 N–H and O–H groups in total. The first kappa shape index (κ1) is 11.1. The maximum Gasteiger partial charge on any atom is 0.352 e. The van der Waals surface area contributed by atoms with Crippen molar-refractivity contribution in [2.24, 2.45) is 0 Å². The molecule has 4 nitrogen and oxygen atoms in total. The van der Waals surface area contributed by atoms with Crippen molar-refractivity contribution in [2.75, 3.05) is 12.3 Å². The first-order chi connectivity index (χ1) is 7.74. The minimum Gasteiger partial charge on any atom is -0.462 e. The molecular weight excluding hydrogens is 244 g/mol. The lowest BCUT2D eigenvalue weighted by molar-refractivity contribution is 0.0533. The second-order valence-electron chi connectivity index (χ2n) is 2.97. The van der Waals surface area contributed by atoms with Gasteiger partial charge in [-0.15, -0.1) is 11.3 Å². The molecular formula is C10H10N2O2S2. The van der Waals surface area contributed by atoms with E-state index in [1.54, 1.807) is 18.3 Å². The van der Waals surface area contributed by atoms with E-state index in [0.29, 0.717) is 22.9 Å². The lowest BCUT2D eigenvalue weighted by Crippen LogP contribution is -2.05. The third-order valence-electron chi connectivity index (χ3n) is 1.94. The summed E-state index contributed by atoms with van der Waals surface area (Å²) in [5.41, 5.74) is 6.96. The molecule has 0 saturated heterocycles. The average Bonchev–Trinajstić information content (AvgIpc) is 2.86. The van der Waals surface area contributed by atoms with Gasteiger partial charge in [0.1, 0.15) is 5.69 Å². The van der Waals surface area contributed by atoms with Gasteiger partial charge in [0.2, 0.25) is 0 Å². The number of aromatic nitrogens is 1. The molecule has 2 aromatic heterocycles. The second-order valence-corrected chi connectivity index (χ2v) is 4.69. The van der Waals surface area contributed by atoms with Gasteiger partial charge in [0.05, 0.1) is 17.2 Å². The second kappa shape index (κ2) is 4.63. The summed E-state index contributed by atoms with van der Waals surface area (Å²) >= 11 is 2.62. The number of carbonyl (C=O) groups excluding carboxylic acids is 1. The summed E-state index contributed by atoms with van der Waals surface area (Å²) < 4.78 is 9.08. The van der Waals surface area contributed by atoms with Gasteiger partial charge >= 0.3 is 5.97 Å². The zero-order valence-electron chi connectivity index (χ0n) is 8.60. The van der Waals surface area contributed by atoms with E-state index in [1.807, 2.05) is 17.5 Å². The molecule has 2 heterocycles. The van der Waals surface area contributed by atoms with Gasteiger partial charge in [0, 0.05) is 0 Å². The Morgan fingerprint density at radius 3 is 3.06 bits per heavy atom. The summed E-state index contributed by atoms with van der Waals surface area (Å²) in [5, 5.41) is 1.94. The van der Waals surface area contributed by atoms with Crippen LogP contribution in [0.4, 0.5) is 5.69 Å². The SMILES string of the molecule is CCOC(=O)c1snc(-c2cccs2)c1N. The number of anilines is 1. The van der Waals surface area contributed by atoms with Crippen molar-refractivity contribution in [1.82, 2.24) is 4.37 Å². The summed E-state index contributed by atoms with van der Waals surface area (Å²) in [7, 11) is 0. The van der Waals surface area contributed by atoms with Gasteiger partial charge in [0.25, 0.3) is 0 Å². The summed E-state index contributed by atoms with van der Waals surface area (Å²) in [6, 6.07) is 3.84. The monoisotopic (exact) mass is 254 g/mol. The Hall–Kier alpha value is -1.40. The summed E-state index contributed by atoms with van der Waals surface area (Å²) in [6.45, 7) is 2.10. The molecule has 0 amide bonds. The zero-order valence-corrected chi connectivity index (χ0v) is 10.2. The molecule has 0 fully saturated rings. The summed E-state index contributed by atoms with van der Waals surface area (Å²) in [6.07, 6.45) is 0. The number of thiophene rings is 1. The number of nitrogens with zero attached hydrogens (tertiary/aromatic N) is 1. The third kappa shape index (κ3) is 1.94. The highest BCUT2D eigenvalue weighted by Gasteiger charge is 2.19. The third-order valence-corrected chi connectivity index (χ3v) is 3.66. The number of ether oxygens (including phenoxy) is 1. The first-order valence-electron chi connectivity index (χ1n) is 4.70. The van der Waals surface area contributed by atoms with Gasteiger partial charge in [-0.2, -0.15) is 4.37 Å². The largest absolute Gasteiger partial charge is 0.462 e. The van der Waals surface area contributed by atoms with Gasteiger partial charge in [-0.05, 0) is 29.9 Å². The Morgan fingerprint density at radius 1 is 1.62 bits per heavy atom. The van der Waals surface area contributed by atoms with E-state index < -0.39 is 5.97 Å². The van der Waals surface area contributed by atoms with Crippen molar-refractivity contribution >= 4 is 34.5 Å². The smallest absolute Gasteiger partial charge is 0.352 e. The first-order valence-corrected chi connectivity index (χ1v) is 6.35. The highest BCUT2D eigenvalue weighted by Crippen LogP contribution is 2.33. The molecule has 0 saturated carbocycles. The number of rotatable bonds is 3. The Morgan fingerprint density at radius 2 is 2.44 bits per heavy atom. The maximum absolute atomic E-state index is 11.5. The molecule has 2 aromatic rings. The molecule has 0 aliphatic rings. The van der Waals surface area contributed by atoms with E-state index >= 15 is 0 Å². The van der Waals surface area contributed by atoms with Crippen molar-refractivity contribution < 1.29 is 9.53 Å². The molecule has 0 unspecified atom stereocenters. The predicted octanol–water partition coefficient (Wildman–Crippen LogP) is 2.63. The lowest BCUT2D eigenvalue weighted by Gasteiger charge is -1.99. The van der Waals surface area contributed by atoms with E-state index in [4.69, 9.17) is 10.5 Å². The zero-order chi connectivity index (χ0) is 11.5. The fraction of sp³-hybridized carbons (Fsp3) is 0.200. The standard InChI is InChI=1S/C10H10N2O2S2/c1-2-14-10(13)9-7(11)8(12-16-9)6-4-3-5-15-6/h3-5H,2,11H2,1H3. The molecule has 16 heavy (non-hydrogen) atoms. The minimum absolute atomic E-state index is 0.338. The molecule has 0 atom stereocenters. The van der Waals surface area contributed by atoms with E-state index in [2.05, 4.69) is 4.37 Å². The normalized spacial score (nSPS) is 10.3. The minimum atomic E-state index is -0.402. The Labute approximate surface area is 101 Å². The molecule has 84 valence electrons. The number of nitrogen functional groups attached to an aromatic ring is 1. The molecule has 0 aliphatic heterocycles. The summed E-state index contributed by atoms with van der Waals surface area (Å²) in [4.78, 5) is 12.9. The van der Waals surface area contributed by atoms with Gasteiger partial charge in [0.15, 0.2) is 4.88 Å². The highest BCUT2D eigenvalue weighted by atomic mass is 32.1. The van der Waals surface area contributed by atoms with Crippen LogP contribution in [0.25, 0.3) is 10.6 Å². The predicted molar refractivity (Wildman–Crippen MR) is 65.8 cm³/mol. The fourth-order valence-electron chi connectivity index (χ4n) is 1.23. The van der Waals surface area contributed by atoms with E-state index in [0.717, 1.165) is 16.4 Å². The van der Waals surface area contributed by atoms with Crippen LogP contribution in [0.2, 0.25) is 0 Å². The van der Waals surface area contributed by atoms with Crippen molar-refractivity contribution in [1.29, 1.82) is 0 Å². The van der Waals surface area contributed by atoms with Gasteiger partial charge in [-0.1, -0.05) is 6.07 Å². The lowest BCUT2D eigenvalue weighted by atomic mass is 10.3. The fourth-order valence-corrected chi connectivity index (χ4v) is 2.73. The van der Waals surface area contributed by atoms with Crippen LogP contribution in [0.15, 0.2) is 17.5 Å². The van der Waals surface area contributed by atoms with Crippen LogP contribution < -0.4 is 5.73 Å². The van der Waals surface area contributed by atoms with Gasteiger partial charge < -0.3 is 10.5 Å². The highest BCUT2D eigenvalue weighted by molar-refractivity contribution is 7.14. The van der Waals surface area contributed by atoms with Crippen LogP contribution >= 0.6 is 22.9 Å². The number of hydrogen-bond acceptors (Lipinski definition) is 6. The molecule has 2 rings (SSSR count). The average molecular weight is 254 g/mol. The molecule has 0 bridgehead atoms. The van der Waals surface area contributed by atoms with Crippen LogP contribution in [0, 0.1) is 0 Å². The number of nitrogens with two attached hydrogens (primary N) is 1. The van der Waals surface area contributed by atoms with Gasteiger partial charge in [-0.3, -0.25) is 0 Å². The van der Waals surface area contributed by atoms with E-state index in [1.165, 1.54) is 0 Å². The van der Waals surface area contributed by atoms with Crippen molar-refractivity contribution in [3.63, 3.8) is 0 Å².